The van der Waals surface area contributed by atoms with Crippen LogP contribution in [0.2, 0.25) is 0 Å². The standard InChI is InChI=1S/C17H17NO3/c19-17(9-8-15-7-4-11-21-15)18-10-12-20-13-16(18)14-5-2-1-3-6-14/h1-9,11,16H,10,12-13H2/b9-8+. The highest BCUT2D eigenvalue weighted by Gasteiger charge is 2.27. The van der Waals surface area contributed by atoms with Crippen molar-refractivity contribution < 1.29 is 13.9 Å². The number of benzene rings is 1. The molecule has 2 aromatic rings. The zero-order valence-corrected chi connectivity index (χ0v) is 11.6. The van der Waals surface area contributed by atoms with Gasteiger partial charge in [0.25, 0.3) is 0 Å². The van der Waals surface area contributed by atoms with Crippen molar-refractivity contribution in [2.24, 2.45) is 0 Å². The lowest BCUT2D eigenvalue weighted by Gasteiger charge is -2.35. The lowest BCUT2D eigenvalue weighted by atomic mass is 10.0. The van der Waals surface area contributed by atoms with Crippen molar-refractivity contribution in [1.29, 1.82) is 0 Å². The van der Waals surface area contributed by atoms with Crippen molar-refractivity contribution in [2.45, 2.75) is 6.04 Å². The first-order valence-electron chi connectivity index (χ1n) is 6.99. The predicted octanol–water partition coefficient (Wildman–Crippen LogP) is 2.89. The summed E-state index contributed by atoms with van der Waals surface area (Å²) in [6.45, 7) is 1.70. The van der Waals surface area contributed by atoms with E-state index in [4.69, 9.17) is 9.15 Å². The van der Waals surface area contributed by atoms with Crippen LogP contribution in [0, 0.1) is 0 Å². The van der Waals surface area contributed by atoms with Crippen molar-refractivity contribution in [3.8, 4) is 0 Å². The van der Waals surface area contributed by atoms with E-state index < -0.39 is 0 Å². The first kappa shape index (κ1) is 13.6. The number of carbonyl (C=O) groups is 1. The van der Waals surface area contributed by atoms with E-state index in [0.717, 1.165) is 5.56 Å². The molecular weight excluding hydrogens is 266 g/mol. The van der Waals surface area contributed by atoms with Gasteiger partial charge >= 0.3 is 0 Å². The maximum atomic E-state index is 12.4. The van der Waals surface area contributed by atoms with Crippen molar-refractivity contribution >= 4 is 12.0 Å². The summed E-state index contributed by atoms with van der Waals surface area (Å²) in [6, 6.07) is 13.6. The molecule has 21 heavy (non-hydrogen) atoms. The van der Waals surface area contributed by atoms with Gasteiger partial charge < -0.3 is 14.1 Å². The van der Waals surface area contributed by atoms with Crippen LogP contribution < -0.4 is 0 Å². The number of amides is 1. The molecule has 4 heteroatoms. The van der Waals surface area contributed by atoms with Gasteiger partial charge in [-0.15, -0.1) is 0 Å². The molecule has 0 aliphatic carbocycles. The maximum absolute atomic E-state index is 12.4. The topological polar surface area (TPSA) is 42.7 Å². The lowest BCUT2D eigenvalue weighted by molar-refractivity contribution is -0.134. The molecule has 0 radical (unpaired) electrons. The Balaban J connectivity index is 1.76. The molecule has 1 aromatic carbocycles. The molecule has 4 nitrogen and oxygen atoms in total. The summed E-state index contributed by atoms with van der Waals surface area (Å²) in [7, 11) is 0. The van der Waals surface area contributed by atoms with E-state index in [1.807, 2.05) is 41.3 Å². The Morgan fingerprint density at radius 2 is 2.05 bits per heavy atom. The summed E-state index contributed by atoms with van der Waals surface area (Å²) in [5.74, 6) is 0.649. The van der Waals surface area contributed by atoms with Gasteiger partial charge in [-0.3, -0.25) is 4.79 Å². The minimum atomic E-state index is -0.0336. The number of ether oxygens (including phenoxy) is 1. The molecule has 0 bridgehead atoms. The zero-order chi connectivity index (χ0) is 14.5. The van der Waals surface area contributed by atoms with Crippen molar-refractivity contribution in [3.05, 3.63) is 66.1 Å². The van der Waals surface area contributed by atoms with Crippen LogP contribution >= 0.6 is 0 Å². The largest absolute Gasteiger partial charge is 0.465 e. The molecule has 1 amide bonds. The number of furan rings is 1. The summed E-state index contributed by atoms with van der Waals surface area (Å²) in [5, 5.41) is 0. The Hall–Kier alpha value is -2.33. The van der Waals surface area contributed by atoms with Crippen molar-refractivity contribution in [1.82, 2.24) is 4.90 Å². The van der Waals surface area contributed by atoms with Crippen LogP contribution in [-0.2, 0) is 9.53 Å². The SMILES string of the molecule is O=C(/C=C/c1ccco1)N1CCOCC1c1ccccc1. The molecule has 1 fully saturated rings. The summed E-state index contributed by atoms with van der Waals surface area (Å²) in [5.41, 5.74) is 1.09. The van der Waals surface area contributed by atoms with Gasteiger partial charge in [0.05, 0.1) is 25.5 Å². The molecule has 1 aromatic heterocycles. The molecule has 1 aliphatic heterocycles. The van der Waals surface area contributed by atoms with Gasteiger partial charge in [0.1, 0.15) is 5.76 Å². The second-order valence-corrected chi connectivity index (χ2v) is 4.88. The van der Waals surface area contributed by atoms with Crippen LogP contribution in [0.4, 0.5) is 0 Å². The fourth-order valence-electron chi connectivity index (χ4n) is 2.45. The van der Waals surface area contributed by atoms with Gasteiger partial charge in [0, 0.05) is 12.6 Å². The Morgan fingerprint density at radius 3 is 2.81 bits per heavy atom. The van der Waals surface area contributed by atoms with E-state index in [9.17, 15) is 4.79 Å². The van der Waals surface area contributed by atoms with E-state index in [0.29, 0.717) is 25.5 Å². The van der Waals surface area contributed by atoms with Gasteiger partial charge in [0.2, 0.25) is 5.91 Å². The third kappa shape index (κ3) is 3.23. The van der Waals surface area contributed by atoms with E-state index >= 15 is 0 Å². The van der Waals surface area contributed by atoms with Gasteiger partial charge in [-0.2, -0.15) is 0 Å². The monoisotopic (exact) mass is 283 g/mol. The first-order valence-corrected chi connectivity index (χ1v) is 6.99. The third-order valence-corrected chi connectivity index (χ3v) is 3.53. The van der Waals surface area contributed by atoms with E-state index in [1.165, 1.54) is 0 Å². The third-order valence-electron chi connectivity index (χ3n) is 3.53. The number of hydrogen-bond donors (Lipinski definition) is 0. The number of nitrogens with zero attached hydrogens (tertiary/aromatic N) is 1. The minimum absolute atomic E-state index is 0.0245. The van der Waals surface area contributed by atoms with E-state index in [1.54, 1.807) is 24.5 Å². The predicted molar refractivity (Wildman–Crippen MR) is 79.5 cm³/mol. The van der Waals surface area contributed by atoms with Crippen molar-refractivity contribution in [3.63, 3.8) is 0 Å². The fourth-order valence-corrected chi connectivity index (χ4v) is 2.45. The molecule has 1 atom stereocenters. The van der Waals surface area contributed by atoms with Crippen LogP contribution in [0.5, 0.6) is 0 Å². The smallest absolute Gasteiger partial charge is 0.247 e. The highest BCUT2D eigenvalue weighted by Crippen LogP contribution is 2.24. The number of hydrogen-bond acceptors (Lipinski definition) is 3. The first-order chi connectivity index (χ1) is 10.3. The van der Waals surface area contributed by atoms with E-state index in [2.05, 4.69) is 0 Å². The molecule has 1 saturated heterocycles. The summed E-state index contributed by atoms with van der Waals surface area (Å²) in [4.78, 5) is 14.3. The minimum Gasteiger partial charge on any atom is -0.465 e. The number of carbonyl (C=O) groups excluding carboxylic acids is 1. The average Bonchev–Trinajstić information content (AvgIpc) is 3.07. The zero-order valence-electron chi connectivity index (χ0n) is 11.6. The molecule has 0 spiro atoms. The quantitative estimate of drug-likeness (QED) is 0.813. The van der Waals surface area contributed by atoms with Crippen LogP contribution in [0.1, 0.15) is 17.4 Å². The molecule has 0 N–H and O–H groups in total. The Kier molecular flexibility index (Phi) is 4.17. The molecule has 2 heterocycles. The number of rotatable bonds is 3. The normalized spacial score (nSPS) is 19.0. The van der Waals surface area contributed by atoms with E-state index in [-0.39, 0.29) is 11.9 Å². The van der Waals surface area contributed by atoms with Crippen LogP contribution in [0.25, 0.3) is 6.08 Å². The second kappa shape index (κ2) is 6.41. The maximum Gasteiger partial charge on any atom is 0.247 e. The molecule has 3 rings (SSSR count). The average molecular weight is 283 g/mol. The molecule has 1 aliphatic rings. The van der Waals surface area contributed by atoms with Gasteiger partial charge in [-0.25, -0.2) is 0 Å². The second-order valence-electron chi connectivity index (χ2n) is 4.88. The van der Waals surface area contributed by atoms with Crippen LogP contribution in [-0.4, -0.2) is 30.6 Å². The molecular formula is C17H17NO3. The molecule has 108 valence electrons. The van der Waals surface area contributed by atoms with Gasteiger partial charge in [-0.05, 0) is 23.8 Å². The Bertz CT molecular complexity index is 604. The highest BCUT2D eigenvalue weighted by atomic mass is 16.5. The molecule has 1 unspecified atom stereocenters. The highest BCUT2D eigenvalue weighted by molar-refractivity contribution is 5.91. The Morgan fingerprint density at radius 1 is 1.19 bits per heavy atom. The summed E-state index contributed by atoms with van der Waals surface area (Å²) >= 11 is 0. The fraction of sp³-hybridized carbons (Fsp3) is 0.235. The summed E-state index contributed by atoms with van der Waals surface area (Å²) < 4.78 is 10.7. The van der Waals surface area contributed by atoms with Crippen LogP contribution in [0.3, 0.4) is 0 Å². The Labute approximate surface area is 123 Å². The lowest BCUT2D eigenvalue weighted by Crippen LogP contribution is -2.42. The van der Waals surface area contributed by atoms with Crippen molar-refractivity contribution in [2.75, 3.05) is 19.8 Å². The van der Waals surface area contributed by atoms with Gasteiger partial charge in [-0.1, -0.05) is 30.3 Å². The molecule has 0 saturated carbocycles. The number of morpholine rings is 1. The van der Waals surface area contributed by atoms with Crippen LogP contribution in [0.15, 0.2) is 59.2 Å². The van der Waals surface area contributed by atoms with Gasteiger partial charge in [0.15, 0.2) is 0 Å². The summed E-state index contributed by atoms with van der Waals surface area (Å²) in [6.07, 6.45) is 4.84.